The first-order valence-corrected chi connectivity index (χ1v) is 7.72. The van der Waals surface area contributed by atoms with Gasteiger partial charge in [0.25, 0.3) is 5.91 Å². The number of pyridine rings is 1. The molecule has 2 N–H and O–H groups in total. The van der Waals surface area contributed by atoms with Crippen LogP contribution in [0.2, 0.25) is 0 Å². The van der Waals surface area contributed by atoms with Crippen LogP contribution in [0.15, 0.2) is 18.2 Å². The predicted molar refractivity (Wildman–Crippen MR) is 81.9 cm³/mol. The molecular weight excluding hydrogens is 250 g/mol. The van der Waals surface area contributed by atoms with Crippen molar-refractivity contribution in [3.8, 4) is 0 Å². The van der Waals surface area contributed by atoms with Gasteiger partial charge in [0.05, 0.1) is 0 Å². The fourth-order valence-electron chi connectivity index (χ4n) is 2.69. The molecule has 0 aliphatic heterocycles. The normalized spacial score (nSPS) is 22.3. The van der Waals surface area contributed by atoms with E-state index in [1.54, 1.807) is 6.07 Å². The van der Waals surface area contributed by atoms with Gasteiger partial charge in [0.15, 0.2) is 0 Å². The summed E-state index contributed by atoms with van der Waals surface area (Å²) in [6.45, 7) is 5.20. The molecule has 4 heteroatoms. The number of anilines is 1. The van der Waals surface area contributed by atoms with E-state index in [0.29, 0.717) is 17.7 Å². The Balaban J connectivity index is 1.97. The molecule has 4 nitrogen and oxygen atoms in total. The van der Waals surface area contributed by atoms with E-state index in [4.69, 9.17) is 0 Å². The molecule has 0 spiro atoms. The van der Waals surface area contributed by atoms with Gasteiger partial charge >= 0.3 is 0 Å². The molecule has 1 aromatic heterocycles. The lowest BCUT2D eigenvalue weighted by Crippen LogP contribution is -2.41. The summed E-state index contributed by atoms with van der Waals surface area (Å²) >= 11 is 0. The minimum absolute atomic E-state index is 0.0519. The van der Waals surface area contributed by atoms with Gasteiger partial charge in [-0.15, -0.1) is 0 Å². The van der Waals surface area contributed by atoms with Gasteiger partial charge in [-0.05, 0) is 37.3 Å². The second kappa shape index (κ2) is 7.27. The first-order valence-electron chi connectivity index (χ1n) is 7.72. The van der Waals surface area contributed by atoms with E-state index >= 15 is 0 Å². The van der Waals surface area contributed by atoms with Gasteiger partial charge in [0, 0.05) is 12.6 Å². The monoisotopic (exact) mass is 275 g/mol. The molecule has 1 fully saturated rings. The van der Waals surface area contributed by atoms with E-state index in [0.717, 1.165) is 25.2 Å². The number of hydrogen-bond donors (Lipinski definition) is 2. The number of amides is 1. The molecule has 0 saturated heterocycles. The average molecular weight is 275 g/mol. The van der Waals surface area contributed by atoms with Crippen molar-refractivity contribution in [1.29, 1.82) is 0 Å². The Morgan fingerprint density at radius 3 is 2.90 bits per heavy atom. The number of nitrogens with one attached hydrogen (secondary N) is 2. The van der Waals surface area contributed by atoms with E-state index in [1.165, 1.54) is 19.3 Å². The Labute approximate surface area is 121 Å². The lowest BCUT2D eigenvalue weighted by molar-refractivity contribution is 0.0905. The third-order valence-corrected chi connectivity index (χ3v) is 3.97. The van der Waals surface area contributed by atoms with Gasteiger partial charge in [0.1, 0.15) is 11.5 Å². The molecule has 110 valence electrons. The first kappa shape index (κ1) is 14.8. The van der Waals surface area contributed by atoms with Crippen molar-refractivity contribution in [1.82, 2.24) is 10.3 Å². The molecule has 1 amide bonds. The highest BCUT2D eigenvalue weighted by Gasteiger charge is 2.23. The number of hydrogen-bond acceptors (Lipinski definition) is 3. The first-order chi connectivity index (χ1) is 9.70. The van der Waals surface area contributed by atoms with Crippen LogP contribution in [0.4, 0.5) is 5.82 Å². The third kappa shape index (κ3) is 3.95. The molecule has 2 unspecified atom stereocenters. The molecule has 2 atom stereocenters. The van der Waals surface area contributed by atoms with E-state index in [1.807, 2.05) is 12.1 Å². The molecular formula is C16H25N3O. The van der Waals surface area contributed by atoms with Crippen LogP contribution in [-0.2, 0) is 0 Å². The van der Waals surface area contributed by atoms with Crippen LogP contribution < -0.4 is 10.6 Å². The number of aromatic nitrogens is 1. The molecule has 20 heavy (non-hydrogen) atoms. The topological polar surface area (TPSA) is 54.0 Å². The fraction of sp³-hybridized carbons (Fsp3) is 0.625. The van der Waals surface area contributed by atoms with Crippen LogP contribution >= 0.6 is 0 Å². The van der Waals surface area contributed by atoms with Crippen LogP contribution in [0.1, 0.15) is 56.4 Å². The van der Waals surface area contributed by atoms with Crippen LogP contribution in [0.5, 0.6) is 0 Å². The van der Waals surface area contributed by atoms with Crippen LogP contribution in [0, 0.1) is 5.92 Å². The lowest BCUT2D eigenvalue weighted by atomic mass is 9.86. The van der Waals surface area contributed by atoms with Gasteiger partial charge < -0.3 is 10.6 Å². The van der Waals surface area contributed by atoms with Gasteiger partial charge in [-0.25, -0.2) is 4.98 Å². The summed E-state index contributed by atoms with van der Waals surface area (Å²) in [6.07, 6.45) is 5.82. The minimum atomic E-state index is -0.0519. The van der Waals surface area contributed by atoms with Crippen molar-refractivity contribution >= 4 is 11.7 Å². The largest absolute Gasteiger partial charge is 0.370 e. The van der Waals surface area contributed by atoms with E-state index in [9.17, 15) is 4.79 Å². The maximum atomic E-state index is 12.3. The maximum absolute atomic E-state index is 12.3. The quantitative estimate of drug-likeness (QED) is 0.867. The average Bonchev–Trinajstić information content (AvgIpc) is 2.48. The van der Waals surface area contributed by atoms with Crippen molar-refractivity contribution in [2.45, 2.75) is 52.0 Å². The summed E-state index contributed by atoms with van der Waals surface area (Å²) in [7, 11) is 0. The molecule has 1 saturated carbocycles. The van der Waals surface area contributed by atoms with Gasteiger partial charge in [-0.3, -0.25) is 4.79 Å². The van der Waals surface area contributed by atoms with Crippen molar-refractivity contribution in [3.05, 3.63) is 23.9 Å². The second-order valence-electron chi connectivity index (χ2n) is 5.68. The molecule has 0 radical (unpaired) electrons. The fourth-order valence-corrected chi connectivity index (χ4v) is 2.69. The van der Waals surface area contributed by atoms with Crippen LogP contribution in [0.3, 0.4) is 0 Å². The zero-order valence-electron chi connectivity index (χ0n) is 12.5. The molecule has 1 heterocycles. The number of nitrogens with zero attached hydrogens (tertiary/aromatic N) is 1. The number of rotatable bonds is 5. The van der Waals surface area contributed by atoms with Gasteiger partial charge in [-0.2, -0.15) is 0 Å². The number of carbonyl (C=O) groups is 1. The molecule has 1 aliphatic rings. The minimum Gasteiger partial charge on any atom is -0.370 e. The summed E-state index contributed by atoms with van der Waals surface area (Å²) in [5.41, 5.74) is 0.504. The summed E-state index contributed by atoms with van der Waals surface area (Å²) in [4.78, 5) is 16.7. The Hall–Kier alpha value is -1.58. The third-order valence-electron chi connectivity index (χ3n) is 3.97. The zero-order valence-corrected chi connectivity index (χ0v) is 12.5. The Morgan fingerprint density at radius 1 is 1.35 bits per heavy atom. The smallest absolute Gasteiger partial charge is 0.270 e. The van der Waals surface area contributed by atoms with Crippen LogP contribution in [0.25, 0.3) is 0 Å². The summed E-state index contributed by atoms with van der Waals surface area (Å²) in [6, 6.07) is 5.85. The standard InChI is InChI=1S/C16H25N3O/c1-3-11-17-15-10-6-9-14(18-15)16(20)19-13-8-5-4-7-12(13)2/h6,9-10,12-13H,3-5,7-8,11H2,1-2H3,(H,17,18)(H,19,20). The summed E-state index contributed by atoms with van der Waals surface area (Å²) in [5, 5.41) is 6.35. The molecule has 0 aromatic carbocycles. The highest BCUT2D eigenvalue weighted by atomic mass is 16.1. The van der Waals surface area contributed by atoms with Crippen molar-refractivity contribution in [3.63, 3.8) is 0 Å². The maximum Gasteiger partial charge on any atom is 0.270 e. The second-order valence-corrected chi connectivity index (χ2v) is 5.68. The highest BCUT2D eigenvalue weighted by Crippen LogP contribution is 2.23. The van der Waals surface area contributed by atoms with Crippen molar-refractivity contribution in [2.24, 2.45) is 5.92 Å². The van der Waals surface area contributed by atoms with E-state index in [2.05, 4.69) is 29.5 Å². The predicted octanol–water partition coefficient (Wildman–Crippen LogP) is 3.21. The van der Waals surface area contributed by atoms with Gasteiger partial charge in [-0.1, -0.05) is 32.8 Å². The summed E-state index contributed by atoms with van der Waals surface area (Å²) in [5.74, 6) is 1.29. The molecule has 0 bridgehead atoms. The SMILES string of the molecule is CCCNc1cccc(C(=O)NC2CCCCC2C)n1. The zero-order chi connectivity index (χ0) is 14.4. The van der Waals surface area contributed by atoms with Gasteiger partial charge in [0.2, 0.25) is 0 Å². The van der Waals surface area contributed by atoms with E-state index < -0.39 is 0 Å². The summed E-state index contributed by atoms with van der Waals surface area (Å²) < 4.78 is 0. The van der Waals surface area contributed by atoms with Crippen molar-refractivity contribution in [2.75, 3.05) is 11.9 Å². The molecule has 1 aromatic rings. The highest BCUT2D eigenvalue weighted by molar-refractivity contribution is 5.92. The Bertz CT molecular complexity index is 447. The Morgan fingerprint density at radius 2 is 2.15 bits per heavy atom. The van der Waals surface area contributed by atoms with E-state index in [-0.39, 0.29) is 5.91 Å². The lowest BCUT2D eigenvalue weighted by Gasteiger charge is -2.29. The molecule has 1 aliphatic carbocycles. The molecule has 2 rings (SSSR count). The number of carbonyl (C=O) groups excluding carboxylic acids is 1. The Kier molecular flexibility index (Phi) is 5.39. The van der Waals surface area contributed by atoms with Crippen LogP contribution in [-0.4, -0.2) is 23.5 Å². The van der Waals surface area contributed by atoms with Crippen molar-refractivity contribution < 1.29 is 4.79 Å².